The van der Waals surface area contributed by atoms with Crippen molar-refractivity contribution in [1.82, 2.24) is 4.90 Å². The first-order valence-electron chi connectivity index (χ1n) is 7.75. The van der Waals surface area contributed by atoms with Crippen molar-refractivity contribution in [3.05, 3.63) is 28.3 Å². The zero-order valence-corrected chi connectivity index (χ0v) is 15.1. The Morgan fingerprint density at radius 3 is 2.61 bits per heavy atom. The molecule has 0 saturated heterocycles. The minimum Gasteiger partial charge on any atom is -0.496 e. The van der Waals surface area contributed by atoms with E-state index in [4.69, 9.17) is 25.8 Å². The predicted octanol–water partition coefficient (Wildman–Crippen LogP) is 3.04. The maximum Gasteiger partial charge on any atom is 0.342 e. The Kier molecular flexibility index (Phi) is 8.99. The van der Waals surface area contributed by atoms with Crippen LogP contribution < -0.4 is 4.74 Å². The number of ether oxygens (including phenoxy) is 3. The van der Waals surface area contributed by atoms with Crippen molar-refractivity contribution in [3.63, 3.8) is 0 Å². The summed E-state index contributed by atoms with van der Waals surface area (Å²) < 4.78 is 15.8. The van der Waals surface area contributed by atoms with Crippen molar-refractivity contribution in [2.24, 2.45) is 0 Å². The van der Waals surface area contributed by atoms with Crippen molar-refractivity contribution in [2.75, 3.05) is 47.6 Å². The van der Waals surface area contributed by atoms with E-state index in [1.807, 2.05) is 27.1 Å². The first-order valence-corrected chi connectivity index (χ1v) is 8.13. The second-order valence-electron chi connectivity index (χ2n) is 5.39. The molecule has 0 bridgehead atoms. The number of benzene rings is 1. The Bertz CT molecular complexity index is 506. The summed E-state index contributed by atoms with van der Waals surface area (Å²) in [6.07, 6.45) is 1.73. The number of rotatable bonds is 10. The number of nitrogens with zero attached hydrogens (tertiary/aromatic N) is 1. The number of esters is 1. The van der Waals surface area contributed by atoms with Crippen molar-refractivity contribution in [3.8, 4) is 5.75 Å². The molecule has 0 heterocycles. The van der Waals surface area contributed by atoms with E-state index < -0.39 is 5.97 Å². The van der Waals surface area contributed by atoms with E-state index in [0.29, 0.717) is 29.5 Å². The van der Waals surface area contributed by atoms with E-state index >= 15 is 0 Å². The summed E-state index contributed by atoms with van der Waals surface area (Å²) in [6.45, 7) is 4.01. The lowest BCUT2D eigenvalue weighted by atomic mass is 10.0. The maximum absolute atomic E-state index is 12.2. The lowest BCUT2D eigenvalue weighted by Crippen LogP contribution is -2.15. The summed E-state index contributed by atoms with van der Waals surface area (Å²) in [4.78, 5) is 14.4. The Labute approximate surface area is 143 Å². The van der Waals surface area contributed by atoms with Crippen LogP contribution in [0, 0.1) is 0 Å². The van der Waals surface area contributed by atoms with Crippen LogP contribution >= 0.6 is 11.6 Å². The highest BCUT2D eigenvalue weighted by molar-refractivity contribution is 6.31. The van der Waals surface area contributed by atoms with E-state index in [-0.39, 0.29) is 6.61 Å². The number of methoxy groups -OCH3 is 1. The van der Waals surface area contributed by atoms with Crippen LogP contribution in [0.1, 0.15) is 29.3 Å². The highest BCUT2D eigenvalue weighted by Crippen LogP contribution is 2.30. The molecule has 130 valence electrons. The molecule has 0 aliphatic rings. The van der Waals surface area contributed by atoms with Gasteiger partial charge in [-0.2, -0.15) is 0 Å². The molecule has 0 atom stereocenters. The molecule has 0 aliphatic heterocycles. The fourth-order valence-electron chi connectivity index (χ4n) is 2.23. The molecular weight excluding hydrogens is 318 g/mol. The van der Waals surface area contributed by atoms with Crippen LogP contribution in [0.4, 0.5) is 0 Å². The third-order valence-corrected chi connectivity index (χ3v) is 3.49. The van der Waals surface area contributed by atoms with Crippen molar-refractivity contribution >= 4 is 17.6 Å². The molecule has 0 unspecified atom stereocenters. The molecule has 0 spiro atoms. The summed E-state index contributed by atoms with van der Waals surface area (Å²) in [5.74, 6) is 0.0903. The SMILES string of the molecule is CCOCCOC(=O)c1cc(Cl)cc(CCCN(C)C)c1OC. The Hall–Kier alpha value is -1.30. The number of hydrogen-bond acceptors (Lipinski definition) is 5. The zero-order valence-electron chi connectivity index (χ0n) is 14.4. The van der Waals surface area contributed by atoms with Crippen LogP contribution in [0.5, 0.6) is 5.75 Å². The van der Waals surface area contributed by atoms with Gasteiger partial charge in [0.15, 0.2) is 0 Å². The second kappa shape index (κ2) is 10.5. The van der Waals surface area contributed by atoms with E-state index in [1.54, 1.807) is 13.2 Å². The van der Waals surface area contributed by atoms with E-state index in [0.717, 1.165) is 24.9 Å². The predicted molar refractivity (Wildman–Crippen MR) is 91.7 cm³/mol. The summed E-state index contributed by atoms with van der Waals surface area (Å²) >= 11 is 6.15. The molecule has 0 fully saturated rings. The summed E-state index contributed by atoms with van der Waals surface area (Å²) in [5.41, 5.74) is 1.27. The highest BCUT2D eigenvalue weighted by atomic mass is 35.5. The molecule has 6 heteroatoms. The minimum absolute atomic E-state index is 0.207. The first-order chi connectivity index (χ1) is 11.0. The summed E-state index contributed by atoms with van der Waals surface area (Å²) in [7, 11) is 5.60. The van der Waals surface area contributed by atoms with Crippen LogP contribution in [-0.4, -0.2) is 58.4 Å². The number of hydrogen-bond donors (Lipinski definition) is 0. The lowest BCUT2D eigenvalue weighted by Gasteiger charge is -2.15. The molecule has 0 aliphatic carbocycles. The van der Waals surface area contributed by atoms with Crippen molar-refractivity contribution < 1.29 is 19.0 Å². The molecule has 23 heavy (non-hydrogen) atoms. The van der Waals surface area contributed by atoms with Gasteiger partial charge in [-0.25, -0.2) is 4.79 Å². The molecule has 5 nitrogen and oxygen atoms in total. The molecule has 0 aromatic heterocycles. The monoisotopic (exact) mass is 343 g/mol. The molecule has 1 aromatic rings. The van der Waals surface area contributed by atoms with E-state index in [9.17, 15) is 4.79 Å². The molecule has 0 N–H and O–H groups in total. The fourth-order valence-corrected chi connectivity index (χ4v) is 2.47. The largest absolute Gasteiger partial charge is 0.496 e. The van der Waals surface area contributed by atoms with E-state index in [1.165, 1.54) is 0 Å². The Morgan fingerprint density at radius 1 is 1.26 bits per heavy atom. The van der Waals surface area contributed by atoms with Gasteiger partial charge in [0.1, 0.15) is 17.9 Å². The van der Waals surface area contributed by atoms with Gasteiger partial charge >= 0.3 is 5.97 Å². The van der Waals surface area contributed by atoms with Crippen molar-refractivity contribution in [2.45, 2.75) is 19.8 Å². The second-order valence-corrected chi connectivity index (χ2v) is 5.82. The van der Waals surface area contributed by atoms with Crippen LogP contribution in [0.25, 0.3) is 0 Å². The molecule has 0 radical (unpaired) electrons. The van der Waals surface area contributed by atoms with Gasteiger partial charge in [0, 0.05) is 11.6 Å². The van der Waals surface area contributed by atoms with Gasteiger partial charge in [-0.1, -0.05) is 11.6 Å². The minimum atomic E-state index is -0.446. The third-order valence-electron chi connectivity index (χ3n) is 3.27. The van der Waals surface area contributed by atoms with Crippen LogP contribution in [-0.2, 0) is 15.9 Å². The van der Waals surface area contributed by atoms with Crippen LogP contribution in [0.15, 0.2) is 12.1 Å². The number of carbonyl (C=O) groups is 1. The summed E-state index contributed by atoms with van der Waals surface area (Å²) in [5, 5.41) is 0.502. The third kappa shape index (κ3) is 6.77. The lowest BCUT2D eigenvalue weighted by molar-refractivity contribution is 0.0332. The maximum atomic E-state index is 12.2. The summed E-state index contributed by atoms with van der Waals surface area (Å²) in [6, 6.07) is 3.42. The molecule has 0 saturated carbocycles. The smallest absolute Gasteiger partial charge is 0.342 e. The first kappa shape index (κ1) is 19.7. The van der Waals surface area contributed by atoms with Crippen molar-refractivity contribution in [1.29, 1.82) is 0 Å². The average Bonchev–Trinajstić information content (AvgIpc) is 2.50. The standard InChI is InChI=1S/C17H26ClNO4/c1-5-22-9-10-23-17(20)15-12-14(18)11-13(16(15)21-4)7-6-8-19(2)3/h11-12H,5-10H2,1-4H3. The van der Waals surface area contributed by atoms with Crippen LogP contribution in [0.3, 0.4) is 0 Å². The quantitative estimate of drug-likeness (QED) is 0.482. The fraction of sp³-hybridized carbons (Fsp3) is 0.588. The molecule has 1 aromatic carbocycles. The van der Waals surface area contributed by atoms with Gasteiger partial charge in [-0.3, -0.25) is 0 Å². The Morgan fingerprint density at radius 2 is 2.00 bits per heavy atom. The van der Waals surface area contributed by atoms with Gasteiger partial charge in [0.2, 0.25) is 0 Å². The van der Waals surface area contributed by atoms with Gasteiger partial charge in [-0.05, 0) is 58.1 Å². The molecule has 0 amide bonds. The van der Waals surface area contributed by atoms with Gasteiger partial charge in [-0.15, -0.1) is 0 Å². The average molecular weight is 344 g/mol. The van der Waals surface area contributed by atoms with Gasteiger partial charge < -0.3 is 19.1 Å². The zero-order chi connectivity index (χ0) is 17.2. The number of carbonyl (C=O) groups excluding carboxylic acids is 1. The van der Waals surface area contributed by atoms with Crippen LogP contribution in [0.2, 0.25) is 5.02 Å². The van der Waals surface area contributed by atoms with Gasteiger partial charge in [0.25, 0.3) is 0 Å². The Balaban J connectivity index is 2.84. The van der Waals surface area contributed by atoms with E-state index in [2.05, 4.69) is 4.90 Å². The topological polar surface area (TPSA) is 48.0 Å². The highest BCUT2D eigenvalue weighted by Gasteiger charge is 2.18. The number of halogens is 1. The molecule has 1 rings (SSSR count). The molecular formula is C17H26ClNO4. The normalized spacial score (nSPS) is 10.9. The van der Waals surface area contributed by atoms with Gasteiger partial charge in [0.05, 0.1) is 13.7 Å². The number of aryl methyl sites for hydroxylation is 1.